The van der Waals surface area contributed by atoms with Gasteiger partial charge in [-0.2, -0.15) is 0 Å². The predicted octanol–water partition coefficient (Wildman–Crippen LogP) is 1.65. The summed E-state index contributed by atoms with van der Waals surface area (Å²) in [6.07, 6.45) is 1.75. The highest BCUT2D eigenvalue weighted by Gasteiger charge is 2.08. The van der Waals surface area contributed by atoms with Crippen molar-refractivity contribution in [2.24, 2.45) is 0 Å². The molecule has 0 heterocycles. The van der Waals surface area contributed by atoms with Gasteiger partial charge in [0, 0.05) is 9.52 Å². The van der Waals surface area contributed by atoms with Crippen molar-refractivity contribution in [3.8, 4) is 0 Å². The summed E-state index contributed by atoms with van der Waals surface area (Å²) in [5.41, 5.74) is 0. The highest BCUT2D eigenvalue weighted by molar-refractivity contribution is 6.61. The first kappa shape index (κ1) is 23.6. The molecule has 0 radical (unpaired) electrons. The summed E-state index contributed by atoms with van der Waals surface area (Å²) in [6, 6.07) is 10.7. The molecule has 0 spiro atoms. The van der Waals surface area contributed by atoms with E-state index in [9.17, 15) is 0 Å². The van der Waals surface area contributed by atoms with E-state index in [-0.39, 0.29) is 9.52 Å². The maximum Gasteiger partial charge on any atom is 0.326 e. The summed E-state index contributed by atoms with van der Waals surface area (Å²) >= 11 is 0. The lowest BCUT2D eigenvalue weighted by Crippen LogP contribution is -2.23. The number of hydrogen-bond donors (Lipinski definition) is 2. The van der Waals surface area contributed by atoms with Gasteiger partial charge >= 0.3 is 8.56 Å². The Labute approximate surface area is 125 Å². The van der Waals surface area contributed by atoms with Gasteiger partial charge in [-0.05, 0) is 20.0 Å². The van der Waals surface area contributed by atoms with Gasteiger partial charge in [0.25, 0.3) is 0 Å². The van der Waals surface area contributed by atoms with E-state index in [1.807, 2.05) is 6.92 Å². The fourth-order valence-corrected chi connectivity index (χ4v) is 1.46. The van der Waals surface area contributed by atoms with Crippen LogP contribution in [0.3, 0.4) is 0 Å². The first-order valence-corrected chi connectivity index (χ1v) is 14.7. The predicted molar refractivity (Wildman–Crippen MR) is 98.5 cm³/mol. The number of allylic oxidation sites excluding steroid dienone is 1. The summed E-state index contributed by atoms with van der Waals surface area (Å²) in [6.45, 7) is 15.0. The molecule has 0 amide bonds. The smallest absolute Gasteiger partial charge is 0.326 e. The summed E-state index contributed by atoms with van der Waals surface area (Å²) in [5.74, 6) is 0. The van der Waals surface area contributed by atoms with Crippen molar-refractivity contribution in [1.82, 2.24) is 0 Å². The molecule has 0 saturated carbocycles. The third-order valence-corrected chi connectivity index (χ3v) is 2.54. The van der Waals surface area contributed by atoms with Crippen molar-refractivity contribution in [2.45, 2.75) is 39.7 Å². The van der Waals surface area contributed by atoms with Gasteiger partial charge in [-0.15, -0.1) is 6.58 Å². The van der Waals surface area contributed by atoms with E-state index in [1.54, 1.807) is 11.3 Å². The molecule has 112 valence electrons. The largest absolute Gasteiger partial charge is 0.411 e. The lowest BCUT2D eigenvalue weighted by molar-refractivity contribution is 0.382. The van der Waals surface area contributed by atoms with E-state index in [0.717, 1.165) is 0 Å². The second-order valence-corrected chi connectivity index (χ2v) is 10.4. The molecule has 0 aliphatic heterocycles. The lowest BCUT2D eigenvalue weighted by Gasteiger charge is -1.97. The first-order valence-electron chi connectivity index (χ1n) is 6.82. The summed E-state index contributed by atoms with van der Waals surface area (Å²) in [7, 11) is -2.10. The summed E-state index contributed by atoms with van der Waals surface area (Å²) in [5, 5.41) is 1.55. The zero-order chi connectivity index (χ0) is 15.7. The average molecular weight is 317 g/mol. The minimum Gasteiger partial charge on any atom is -0.411 e. The molecule has 2 N–H and O–H groups in total. The zero-order valence-electron chi connectivity index (χ0n) is 13.5. The Balaban J connectivity index is -0.000000202. The van der Waals surface area contributed by atoms with Gasteiger partial charge in [0.1, 0.15) is 0 Å². The maximum absolute atomic E-state index is 8.22. The third kappa shape index (κ3) is 46.6. The lowest BCUT2D eigenvalue weighted by atomic mass is 10.4. The van der Waals surface area contributed by atoms with Crippen LogP contribution < -0.4 is 5.19 Å². The second kappa shape index (κ2) is 17.5. The molecule has 1 rings (SSSR count). The van der Waals surface area contributed by atoms with E-state index >= 15 is 0 Å². The SMILES string of the molecule is C=CC.C[SiH2]C.C[SiH2]c1ccccc1.C[Si](C)(O)O. The average Bonchev–Trinajstić information content (AvgIpc) is 2.30. The molecular weight excluding hydrogens is 284 g/mol. The van der Waals surface area contributed by atoms with Crippen LogP contribution in [0.1, 0.15) is 6.92 Å². The van der Waals surface area contributed by atoms with Crippen molar-refractivity contribution in [3.63, 3.8) is 0 Å². The molecule has 0 bridgehead atoms. The molecule has 19 heavy (non-hydrogen) atoms. The Morgan fingerprint density at radius 1 is 1.05 bits per heavy atom. The molecule has 0 saturated heterocycles. The van der Waals surface area contributed by atoms with E-state index in [1.165, 1.54) is 13.1 Å². The standard InChI is InChI=1S/C7H10Si.C3H6.C2H8O2Si.C2H8Si/c1-8-7-5-3-2-4-6-7;1-3-2;1-5(2,3)4;1-3-2/h2-6H,8H2,1H3;3H,1H2,2H3;3-4H,1-2H3;3H2,1-2H3. The van der Waals surface area contributed by atoms with Gasteiger partial charge in [0.15, 0.2) is 0 Å². The van der Waals surface area contributed by atoms with Crippen molar-refractivity contribution in [3.05, 3.63) is 43.0 Å². The van der Waals surface area contributed by atoms with Gasteiger partial charge in [0.05, 0.1) is 9.52 Å². The van der Waals surface area contributed by atoms with Gasteiger partial charge in [0.2, 0.25) is 0 Å². The highest BCUT2D eigenvalue weighted by Crippen LogP contribution is 1.82. The van der Waals surface area contributed by atoms with Crippen LogP contribution in [0.2, 0.25) is 32.7 Å². The van der Waals surface area contributed by atoms with Gasteiger partial charge in [-0.3, -0.25) is 0 Å². The van der Waals surface area contributed by atoms with E-state index in [0.29, 0.717) is 9.52 Å². The summed E-state index contributed by atoms with van der Waals surface area (Å²) < 4.78 is 0. The molecule has 0 atom stereocenters. The Hall–Kier alpha value is -0.469. The van der Waals surface area contributed by atoms with Crippen LogP contribution in [0, 0.1) is 0 Å². The second-order valence-electron chi connectivity index (χ2n) is 4.45. The number of rotatable bonds is 1. The molecule has 0 unspecified atom stereocenters. The summed E-state index contributed by atoms with van der Waals surface area (Å²) in [4.78, 5) is 16.4. The molecule has 5 heteroatoms. The van der Waals surface area contributed by atoms with Crippen LogP contribution in [0.15, 0.2) is 43.0 Å². The van der Waals surface area contributed by atoms with Crippen LogP contribution >= 0.6 is 0 Å². The van der Waals surface area contributed by atoms with Gasteiger partial charge in [-0.25, -0.2) is 0 Å². The van der Waals surface area contributed by atoms with Crippen molar-refractivity contribution in [2.75, 3.05) is 0 Å². The van der Waals surface area contributed by atoms with Crippen molar-refractivity contribution >= 4 is 32.8 Å². The van der Waals surface area contributed by atoms with Crippen LogP contribution in [-0.2, 0) is 0 Å². The van der Waals surface area contributed by atoms with Crippen molar-refractivity contribution < 1.29 is 9.59 Å². The third-order valence-electron chi connectivity index (χ3n) is 1.25. The number of benzene rings is 1. The topological polar surface area (TPSA) is 40.5 Å². The fourth-order valence-electron chi connectivity index (χ4n) is 0.714. The molecule has 0 fully saturated rings. The van der Waals surface area contributed by atoms with Crippen LogP contribution in [0.25, 0.3) is 0 Å². The van der Waals surface area contributed by atoms with E-state index in [2.05, 4.69) is 56.6 Å². The molecule has 0 aliphatic carbocycles. The Morgan fingerprint density at radius 3 is 1.47 bits per heavy atom. The quantitative estimate of drug-likeness (QED) is 0.611. The normalized spacial score (nSPS) is 9.26. The minimum absolute atomic E-state index is 0.0913. The van der Waals surface area contributed by atoms with Crippen LogP contribution in [0.5, 0.6) is 0 Å². The fraction of sp³-hybridized carbons (Fsp3) is 0.429. The van der Waals surface area contributed by atoms with Gasteiger partial charge in [-0.1, -0.05) is 61.2 Å². The van der Waals surface area contributed by atoms with E-state index in [4.69, 9.17) is 9.59 Å². The molecule has 1 aromatic carbocycles. The van der Waals surface area contributed by atoms with Crippen LogP contribution in [0.4, 0.5) is 0 Å². The molecule has 1 aromatic rings. The Kier molecular flexibility index (Phi) is 21.8. The van der Waals surface area contributed by atoms with E-state index < -0.39 is 8.56 Å². The van der Waals surface area contributed by atoms with Crippen LogP contribution in [-0.4, -0.2) is 37.2 Å². The molecule has 2 nitrogen and oxygen atoms in total. The molecule has 0 aliphatic rings. The highest BCUT2D eigenvalue weighted by atomic mass is 28.4. The number of hydrogen-bond acceptors (Lipinski definition) is 2. The van der Waals surface area contributed by atoms with Gasteiger partial charge < -0.3 is 9.59 Å². The minimum atomic E-state index is -2.61. The maximum atomic E-state index is 8.22. The monoisotopic (exact) mass is 316 g/mol. The Bertz CT molecular complexity index is 266. The molecular formula is C14H32O2Si3. The zero-order valence-corrected chi connectivity index (χ0v) is 17.3. The first-order chi connectivity index (χ1) is 8.76. The van der Waals surface area contributed by atoms with Crippen molar-refractivity contribution in [1.29, 1.82) is 0 Å². The Morgan fingerprint density at radius 2 is 1.32 bits per heavy atom. The molecule has 0 aromatic heterocycles.